The van der Waals surface area contributed by atoms with Gasteiger partial charge in [-0.1, -0.05) is 28.1 Å². The maximum Gasteiger partial charge on any atom is 0.337 e. The first-order valence-electron chi connectivity index (χ1n) is 10.6. The summed E-state index contributed by atoms with van der Waals surface area (Å²) in [6, 6.07) is 17.3. The molecular weight excluding hydrogens is 491 g/mol. The number of anilines is 2. The number of halogens is 2. The van der Waals surface area contributed by atoms with Gasteiger partial charge in [0.2, 0.25) is 0 Å². The van der Waals surface area contributed by atoms with Gasteiger partial charge in [0.15, 0.2) is 0 Å². The summed E-state index contributed by atoms with van der Waals surface area (Å²) in [6.45, 7) is 3.26. The molecule has 172 valence electrons. The summed E-state index contributed by atoms with van der Waals surface area (Å²) in [4.78, 5) is 13.9. The molecule has 6 nitrogen and oxygen atoms in total. The highest BCUT2D eigenvalue weighted by Gasteiger charge is 2.19. The predicted octanol–water partition coefficient (Wildman–Crippen LogP) is 5.31. The van der Waals surface area contributed by atoms with Crippen molar-refractivity contribution in [1.29, 1.82) is 0 Å². The van der Waals surface area contributed by atoms with Gasteiger partial charge in [0.25, 0.3) is 0 Å². The summed E-state index contributed by atoms with van der Waals surface area (Å²) in [6.07, 6.45) is 0. The van der Waals surface area contributed by atoms with E-state index in [4.69, 9.17) is 9.47 Å². The molecule has 3 aromatic rings. The molecule has 0 spiro atoms. The minimum Gasteiger partial charge on any atom is -0.489 e. The summed E-state index contributed by atoms with van der Waals surface area (Å²) in [7, 11) is 0. The maximum absolute atomic E-state index is 13.1. The van der Waals surface area contributed by atoms with Gasteiger partial charge in [-0.3, -0.25) is 0 Å². The Morgan fingerprint density at radius 2 is 1.85 bits per heavy atom. The number of ether oxygens (including phenoxy) is 2. The lowest BCUT2D eigenvalue weighted by Crippen LogP contribution is -2.37. The van der Waals surface area contributed by atoms with Crippen molar-refractivity contribution in [1.82, 2.24) is 0 Å². The zero-order chi connectivity index (χ0) is 23.2. The first-order chi connectivity index (χ1) is 16.0. The number of aromatic carboxylic acids is 1. The van der Waals surface area contributed by atoms with Crippen LogP contribution < -0.4 is 15.0 Å². The van der Waals surface area contributed by atoms with Gasteiger partial charge < -0.3 is 24.8 Å². The van der Waals surface area contributed by atoms with Gasteiger partial charge in [-0.15, -0.1) is 0 Å². The smallest absolute Gasteiger partial charge is 0.337 e. The van der Waals surface area contributed by atoms with Crippen molar-refractivity contribution in [2.75, 3.05) is 36.5 Å². The van der Waals surface area contributed by atoms with Crippen LogP contribution >= 0.6 is 15.9 Å². The first kappa shape index (κ1) is 23.1. The molecule has 0 aromatic heterocycles. The maximum atomic E-state index is 13.1. The average Bonchev–Trinajstić information content (AvgIpc) is 2.83. The van der Waals surface area contributed by atoms with Crippen molar-refractivity contribution >= 4 is 33.3 Å². The molecule has 1 aliphatic heterocycles. The van der Waals surface area contributed by atoms with E-state index in [0.29, 0.717) is 56.6 Å². The Morgan fingerprint density at radius 3 is 2.58 bits per heavy atom. The van der Waals surface area contributed by atoms with Gasteiger partial charge in [-0.2, -0.15) is 0 Å². The van der Waals surface area contributed by atoms with Crippen LogP contribution in [0.4, 0.5) is 15.8 Å². The van der Waals surface area contributed by atoms with Crippen molar-refractivity contribution in [2.45, 2.75) is 13.2 Å². The Hall–Kier alpha value is -3.10. The Labute approximate surface area is 200 Å². The van der Waals surface area contributed by atoms with Crippen molar-refractivity contribution in [3.05, 3.63) is 87.6 Å². The highest BCUT2D eigenvalue weighted by Crippen LogP contribution is 2.28. The molecule has 3 aromatic carbocycles. The molecule has 1 saturated heterocycles. The predicted molar refractivity (Wildman–Crippen MR) is 129 cm³/mol. The van der Waals surface area contributed by atoms with Crippen LogP contribution in [-0.4, -0.2) is 37.4 Å². The first-order valence-corrected chi connectivity index (χ1v) is 11.4. The van der Waals surface area contributed by atoms with E-state index in [1.165, 1.54) is 12.1 Å². The molecule has 8 heteroatoms. The molecule has 0 radical (unpaired) electrons. The summed E-state index contributed by atoms with van der Waals surface area (Å²) in [5.41, 5.74) is 3.42. The minimum absolute atomic E-state index is 0.254. The molecule has 0 aliphatic carbocycles. The molecular formula is C25H24BrFN2O4. The van der Waals surface area contributed by atoms with E-state index in [-0.39, 0.29) is 11.4 Å². The molecule has 1 aliphatic rings. The summed E-state index contributed by atoms with van der Waals surface area (Å²) in [5, 5.41) is 13.0. The van der Waals surface area contributed by atoms with Crippen LogP contribution in [0.5, 0.6) is 5.75 Å². The number of rotatable bonds is 8. The molecule has 0 saturated carbocycles. The number of nitrogens with one attached hydrogen (secondary N) is 1. The summed E-state index contributed by atoms with van der Waals surface area (Å²) in [5.74, 6) is -0.558. The van der Waals surface area contributed by atoms with Crippen LogP contribution in [0.1, 0.15) is 21.5 Å². The SMILES string of the molecule is O=C(O)c1cc(NCc2cc(Br)ccc2OCc2ccc(F)cc2)ccc1N1CCOCC1. The largest absolute Gasteiger partial charge is 0.489 e. The van der Waals surface area contributed by atoms with E-state index >= 15 is 0 Å². The molecule has 33 heavy (non-hydrogen) atoms. The lowest BCUT2D eigenvalue weighted by molar-refractivity contribution is 0.0696. The van der Waals surface area contributed by atoms with Gasteiger partial charge >= 0.3 is 5.97 Å². The fourth-order valence-electron chi connectivity index (χ4n) is 3.66. The van der Waals surface area contributed by atoms with Crippen molar-refractivity contribution in [2.24, 2.45) is 0 Å². The van der Waals surface area contributed by atoms with Gasteiger partial charge in [-0.25, -0.2) is 9.18 Å². The van der Waals surface area contributed by atoms with Crippen molar-refractivity contribution in [3.8, 4) is 5.75 Å². The van der Waals surface area contributed by atoms with E-state index in [0.717, 1.165) is 15.6 Å². The lowest BCUT2D eigenvalue weighted by Gasteiger charge is -2.30. The Morgan fingerprint density at radius 1 is 1.09 bits per heavy atom. The number of carboxylic acids is 1. The number of morpholine rings is 1. The van der Waals surface area contributed by atoms with E-state index in [1.807, 2.05) is 35.2 Å². The molecule has 0 atom stereocenters. The van der Waals surface area contributed by atoms with E-state index in [1.54, 1.807) is 18.2 Å². The third kappa shape index (κ3) is 6.03. The number of nitrogens with zero attached hydrogens (tertiary/aromatic N) is 1. The number of hydrogen-bond acceptors (Lipinski definition) is 5. The second kappa shape index (κ2) is 10.7. The summed E-state index contributed by atoms with van der Waals surface area (Å²) >= 11 is 3.49. The minimum atomic E-state index is -0.967. The molecule has 0 bridgehead atoms. The number of carboxylic acid groups (broad SMARTS) is 1. The third-order valence-corrected chi connectivity index (χ3v) is 5.89. The number of carbonyl (C=O) groups is 1. The normalized spacial score (nSPS) is 13.6. The van der Waals surface area contributed by atoms with Gasteiger partial charge in [-0.05, 0) is 54.1 Å². The van der Waals surface area contributed by atoms with Crippen LogP contribution in [0.3, 0.4) is 0 Å². The van der Waals surface area contributed by atoms with E-state index in [9.17, 15) is 14.3 Å². The zero-order valence-corrected chi connectivity index (χ0v) is 19.5. The molecule has 1 fully saturated rings. The van der Waals surface area contributed by atoms with Crippen molar-refractivity contribution in [3.63, 3.8) is 0 Å². The van der Waals surface area contributed by atoms with E-state index in [2.05, 4.69) is 21.2 Å². The Balaban J connectivity index is 1.48. The van der Waals surface area contributed by atoms with Crippen LogP contribution in [0, 0.1) is 5.82 Å². The second-order valence-corrected chi connectivity index (χ2v) is 8.57. The van der Waals surface area contributed by atoms with Crippen molar-refractivity contribution < 1.29 is 23.8 Å². The average molecular weight is 515 g/mol. The molecule has 1 heterocycles. The quantitative estimate of drug-likeness (QED) is 0.424. The monoisotopic (exact) mass is 514 g/mol. The topological polar surface area (TPSA) is 71.0 Å². The second-order valence-electron chi connectivity index (χ2n) is 7.66. The third-order valence-electron chi connectivity index (χ3n) is 5.39. The molecule has 0 amide bonds. The molecule has 2 N–H and O–H groups in total. The van der Waals surface area contributed by atoms with Gasteiger partial charge in [0.1, 0.15) is 18.2 Å². The molecule has 0 unspecified atom stereocenters. The van der Waals surface area contributed by atoms with Crippen LogP contribution in [0.15, 0.2) is 65.1 Å². The fraction of sp³-hybridized carbons (Fsp3) is 0.240. The van der Waals surface area contributed by atoms with Crippen LogP contribution in [0.2, 0.25) is 0 Å². The standard InChI is InChI=1S/C25H24BrFN2O4/c26-19-3-8-24(33-16-17-1-4-20(27)5-2-17)18(13-19)15-28-21-6-7-23(22(14-21)25(30)31)29-9-11-32-12-10-29/h1-8,13-14,28H,9-12,15-16H2,(H,30,31). The Kier molecular flexibility index (Phi) is 7.47. The highest BCUT2D eigenvalue weighted by atomic mass is 79.9. The Bertz CT molecular complexity index is 1120. The lowest BCUT2D eigenvalue weighted by atomic mass is 10.1. The summed E-state index contributed by atoms with van der Waals surface area (Å²) < 4.78 is 25.4. The molecule has 4 rings (SSSR count). The fourth-order valence-corrected chi connectivity index (χ4v) is 4.07. The van der Waals surface area contributed by atoms with E-state index < -0.39 is 5.97 Å². The van der Waals surface area contributed by atoms with Gasteiger partial charge in [0.05, 0.1) is 24.5 Å². The number of benzene rings is 3. The van der Waals surface area contributed by atoms with Crippen LogP contribution in [0.25, 0.3) is 0 Å². The number of hydrogen-bond donors (Lipinski definition) is 2. The van der Waals surface area contributed by atoms with Crippen LogP contribution in [-0.2, 0) is 17.9 Å². The zero-order valence-electron chi connectivity index (χ0n) is 17.9. The van der Waals surface area contributed by atoms with Gasteiger partial charge in [0, 0.05) is 35.4 Å². The highest BCUT2D eigenvalue weighted by molar-refractivity contribution is 9.10.